The van der Waals surface area contributed by atoms with Crippen LogP contribution in [0.2, 0.25) is 0 Å². The monoisotopic (exact) mass is 293 g/mol. The molecule has 1 N–H and O–H groups in total. The number of likely N-dealkylation sites (N-methyl/N-ethyl adjacent to an activating group) is 1. The smallest absolute Gasteiger partial charge is 0.129 e. The van der Waals surface area contributed by atoms with Crippen LogP contribution in [-0.2, 0) is 12.8 Å². The second-order valence-electron chi connectivity index (χ2n) is 4.99. The number of hydrogen-bond donors (Lipinski definition) is 1. The Morgan fingerprint density at radius 2 is 1.57 bits per heavy atom. The van der Waals surface area contributed by atoms with Crippen LogP contribution in [0.5, 0.6) is 0 Å². The number of nitrogens with one attached hydrogen (secondary N) is 1. The fourth-order valence-electron chi connectivity index (χ4n) is 2.39. The van der Waals surface area contributed by atoms with Gasteiger partial charge in [-0.1, -0.05) is 31.2 Å². The van der Waals surface area contributed by atoms with E-state index in [2.05, 4.69) is 5.32 Å². The first-order valence-corrected chi connectivity index (χ1v) is 7.01. The van der Waals surface area contributed by atoms with E-state index in [9.17, 15) is 13.2 Å². The Labute approximate surface area is 122 Å². The third-order valence-corrected chi connectivity index (χ3v) is 3.40. The molecule has 0 radical (unpaired) electrons. The number of hydrogen-bond acceptors (Lipinski definition) is 1. The van der Waals surface area contributed by atoms with Crippen molar-refractivity contribution < 1.29 is 13.2 Å². The maximum Gasteiger partial charge on any atom is 0.129 e. The molecule has 2 aromatic rings. The van der Waals surface area contributed by atoms with Crippen molar-refractivity contribution in [2.45, 2.75) is 25.8 Å². The molecule has 0 amide bonds. The van der Waals surface area contributed by atoms with Gasteiger partial charge in [0, 0.05) is 12.1 Å². The zero-order valence-corrected chi connectivity index (χ0v) is 11.9. The summed E-state index contributed by atoms with van der Waals surface area (Å²) in [5.74, 6) is -1.42. The van der Waals surface area contributed by atoms with Gasteiger partial charge < -0.3 is 5.32 Å². The quantitative estimate of drug-likeness (QED) is 0.852. The summed E-state index contributed by atoms with van der Waals surface area (Å²) in [4.78, 5) is 0. The number of benzene rings is 2. The molecule has 0 bridgehead atoms. The van der Waals surface area contributed by atoms with Crippen LogP contribution >= 0.6 is 0 Å². The van der Waals surface area contributed by atoms with Gasteiger partial charge in [-0.2, -0.15) is 0 Å². The van der Waals surface area contributed by atoms with Crippen LogP contribution in [0.15, 0.2) is 42.5 Å². The molecular weight excluding hydrogens is 275 g/mol. The van der Waals surface area contributed by atoms with Crippen molar-refractivity contribution in [2.75, 3.05) is 6.54 Å². The molecule has 0 saturated heterocycles. The van der Waals surface area contributed by atoms with Crippen LogP contribution < -0.4 is 5.32 Å². The lowest BCUT2D eigenvalue weighted by molar-refractivity contribution is 0.491. The Morgan fingerprint density at radius 1 is 0.905 bits per heavy atom. The molecule has 4 heteroatoms. The molecule has 0 aliphatic rings. The second kappa shape index (κ2) is 7.27. The highest BCUT2D eigenvalue weighted by Gasteiger charge is 2.14. The molecule has 112 valence electrons. The van der Waals surface area contributed by atoms with E-state index in [1.54, 1.807) is 18.2 Å². The Morgan fingerprint density at radius 3 is 2.19 bits per heavy atom. The topological polar surface area (TPSA) is 12.0 Å². The van der Waals surface area contributed by atoms with E-state index in [1.807, 2.05) is 6.92 Å². The fourth-order valence-corrected chi connectivity index (χ4v) is 2.39. The summed E-state index contributed by atoms with van der Waals surface area (Å²) < 4.78 is 40.4. The Balaban J connectivity index is 2.14. The van der Waals surface area contributed by atoms with Crippen molar-refractivity contribution >= 4 is 0 Å². The second-order valence-corrected chi connectivity index (χ2v) is 4.99. The summed E-state index contributed by atoms with van der Waals surface area (Å²) in [6.07, 6.45) is 0.839. The molecule has 0 spiro atoms. The van der Waals surface area contributed by atoms with Gasteiger partial charge in [0.1, 0.15) is 17.5 Å². The Kier molecular flexibility index (Phi) is 5.39. The van der Waals surface area contributed by atoms with Crippen LogP contribution in [0.3, 0.4) is 0 Å². The van der Waals surface area contributed by atoms with E-state index in [-0.39, 0.29) is 11.9 Å². The van der Waals surface area contributed by atoms with Crippen molar-refractivity contribution in [3.8, 4) is 0 Å². The first-order chi connectivity index (χ1) is 10.1. The van der Waals surface area contributed by atoms with Crippen molar-refractivity contribution in [1.29, 1.82) is 0 Å². The molecule has 0 aliphatic heterocycles. The molecule has 0 aliphatic carbocycles. The van der Waals surface area contributed by atoms with Gasteiger partial charge >= 0.3 is 0 Å². The van der Waals surface area contributed by atoms with Crippen LogP contribution in [-0.4, -0.2) is 12.6 Å². The van der Waals surface area contributed by atoms with Gasteiger partial charge in [-0.05, 0) is 42.6 Å². The third-order valence-electron chi connectivity index (χ3n) is 3.40. The zero-order chi connectivity index (χ0) is 15.2. The minimum absolute atomic E-state index is 0.105. The molecule has 1 atom stereocenters. The van der Waals surface area contributed by atoms with E-state index >= 15 is 0 Å². The normalized spacial score (nSPS) is 12.4. The van der Waals surface area contributed by atoms with E-state index in [1.165, 1.54) is 18.2 Å². The molecule has 0 saturated carbocycles. The predicted molar refractivity (Wildman–Crippen MR) is 77.6 cm³/mol. The number of halogens is 3. The molecule has 0 aromatic heterocycles. The SMILES string of the molecule is CCNC(Cc1ccccc1F)Cc1ccc(F)cc1F. The summed E-state index contributed by atoms with van der Waals surface area (Å²) in [6, 6.07) is 10.0. The van der Waals surface area contributed by atoms with Crippen molar-refractivity contribution in [1.82, 2.24) is 5.32 Å². The average Bonchev–Trinajstić information content (AvgIpc) is 2.44. The van der Waals surface area contributed by atoms with Gasteiger partial charge in [-0.25, -0.2) is 13.2 Å². The molecule has 21 heavy (non-hydrogen) atoms. The molecular formula is C17H18F3N. The van der Waals surface area contributed by atoms with E-state index < -0.39 is 11.6 Å². The maximum atomic E-state index is 13.7. The average molecular weight is 293 g/mol. The molecule has 2 aromatic carbocycles. The van der Waals surface area contributed by atoms with Gasteiger partial charge in [0.05, 0.1) is 0 Å². The minimum Gasteiger partial charge on any atom is -0.314 e. The highest BCUT2D eigenvalue weighted by molar-refractivity contribution is 5.22. The lowest BCUT2D eigenvalue weighted by Crippen LogP contribution is -2.33. The van der Waals surface area contributed by atoms with Crippen molar-refractivity contribution in [3.05, 3.63) is 71.0 Å². The summed E-state index contributed by atoms with van der Waals surface area (Å²) in [5.41, 5.74) is 1.02. The van der Waals surface area contributed by atoms with E-state index in [4.69, 9.17) is 0 Å². The van der Waals surface area contributed by atoms with Crippen LogP contribution in [0.25, 0.3) is 0 Å². The molecule has 0 heterocycles. The first kappa shape index (κ1) is 15.6. The zero-order valence-electron chi connectivity index (χ0n) is 11.9. The Hall–Kier alpha value is -1.81. The van der Waals surface area contributed by atoms with Gasteiger partial charge in [-0.3, -0.25) is 0 Å². The summed E-state index contributed by atoms with van der Waals surface area (Å²) in [6.45, 7) is 2.64. The Bertz CT molecular complexity index is 598. The molecule has 1 nitrogen and oxygen atoms in total. The molecule has 1 unspecified atom stereocenters. The largest absolute Gasteiger partial charge is 0.314 e. The number of rotatable bonds is 6. The summed E-state index contributed by atoms with van der Waals surface area (Å²) >= 11 is 0. The van der Waals surface area contributed by atoms with Crippen molar-refractivity contribution in [3.63, 3.8) is 0 Å². The summed E-state index contributed by atoms with van der Waals surface area (Å²) in [5, 5.41) is 3.22. The minimum atomic E-state index is -0.592. The van der Waals surface area contributed by atoms with Crippen LogP contribution in [0.1, 0.15) is 18.1 Å². The van der Waals surface area contributed by atoms with E-state index in [0.717, 1.165) is 6.07 Å². The highest BCUT2D eigenvalue weighted by atomic mass is 19.1. The predicted octanol–water partition coefficient (Wildman–Crippen LogP) is 3.87. The van der Waals surface area contributed by atoms with Gasteiger partial charge in [0.15, 0.2) is 0 Å². The first-order valence-electron chi connectivity index (χ1n) is 7.01. The van der Waals surface area contributed by atoms with Crippen molar-refractivity contribution in [2.24, 2.45) is 0 Å². The van der Waals surface area contributed by atoms with Crippen LogP contribution in [0, 0.1) is 17.5 Å². The van der Waals surface area contributed by atoms with E-state index in [0.29, 0.717) is 30.5 Å². The van der Waals surface area contributed by atoms with Gasteiger partial charge in [-0.15, -0.1) is 0 Å². The van der Waals surface area contributed by atoms with Gasteiger partial charge in [0.25, 0.3) is 0 Å². The summed E-state index contributed by atoms with van der Waals surface area (Å²) in [7, 11) is 0. The van der Waals surface area contributed by atoms with Gasteiger partial charge in [0.2, 0.25) is 0 Å². The fraction of sp³-hybridized carbons (Fsp3) is 0.294. The highest BCUT2D eigenvalue weighted by Crippen LogP contribution is 2.15. The lowest BCUT2D eigenvalue weighted by atomic mass is 9.98. The lowest BCUT2D eigenvalue weighted by Gasteiger charge is -2.19. The molecule has 0 fully saturated rings. The molecule has 2 rings (SSSR count). The maximum absolute atomic E-state index is 13.7. The standard InChI is InChI=1S/C17H18F3N/c1-2-21-15(9-12-5-3-4-6-16(12)19)10-13-7-8-14(18)11-17(13)20/h3-8,11,15,21H,2,9-10H2,1H3. The van der Waals surface area contributed by atoms with Crippen LogP contribution in [0.4, 0.5) is 13.2 Å². The third kappa shape index (κ3) is 4.33.